The molecule has 0 fully saturated rings. The van der Waals surface area contributed by atoms with E-state index < -0.39 is 0 Å². The Labute approximate surface area is 222 Å². The van der Waals surface area contributed by atoms with Crippen molar-refractivity contribution in [1.29, 1.82) is 0 Å². The first-order valence-corrected chi connectivity index (χ1v) is 14.6. The Hall–Kier alpha value is -3.60. The van der Waals surface area contributed by atoms with Gasteiger partial charge in [-0.1, -0.05) is 67.6 Å². The minimum Gasteiger partial charge on any atom is -0.425 e. The Morgan fingerprint density at radius 3 is 1.49 bits per heavy atom. The fourth-order valence-electron chi connectivity index (χ4n) is 6.34. The van der Waals surface area contributed by atoms with Gasteiger partial charge in [-0.25, -0.2) is 0 Å². The molecule has 4 heteroatoms. The second-order valence-electron chi connectivity index (χ2n) is 9.51. The van der Waals surface area contributed by atoms with E-state index in [-0.39, 0.29) is 0 Å². The van der Waals surface area contributed by atoms with Crippen LogP contribution in [0.2, 0.25) is 0 Å². The highest BCUT2D eigenvalue weighted by atomic mass is 32.2. The molecule has 8 aromatic carbocycles. The van der Waals surface area contributed by atoms with Crippen LogP contribution in [0.25, 0.3) is 75.4 Å². The van der Waals surface area contributed by atoms with E-state index in [0.717, 1.165) is 33.4 Å². The number of hydrogen-bond acceptors (Lipinski definition) is 4. The molecule has 2 nitrogen and oxygen atoms in total. The summed E-state index contributed by atoms with van der Waals surface area (Å²) < 4.78 is 12.6. The molecule has 0 saturated heterocycles. The van der Waals surface area contributed by atoms with Crippen LogP contribution < -0.4 is 8.37 Å². The molecule has 8 aromatic rings. The van der Waals surface area contributed by atoms with Crippen LogP contribution in [0.3, 0.4) is 0 Å². The Bertz CT molecular complexity index is 2150. The molecule has 0 unspecified atom stereocenters. The lowest BCUT2D eigenvalue weighted by molar-refractivity contribution is 0.662. The van der Waals surface area contributed by atoms with Gasteiger partial charge in [-0.3, -0.25) is 0 Å². The first-order chi connectivity index (χ1) is 18.3. The predicted octanol–water partition coefficient (Wildman–Crippen LogP) is 10.3. The molecule has 0 atom stereocenters. The van der Waals surface area contributed by atoms with Gasteiger partial charge in [-0.15, -0.1) is 0 Å². The normalized spacial score (nSPS) is 12.4. The van der Waals surface area contributed by atoms with E-state index in [0.29, 0.717) is 0 Å². The SMILES string of the molecule is CCSOc1c2ccccc2c2cc3ccc4c(OSC)c5ccccc5c5cc6ccc1c2c6c3c45. The third-order valence-electron chi connectivity index (χ3n) is 7.70. The van der Waals surface area contributed by atoms with Crippen molar-refractivity contribution in [2.45, 2.75) is 6.92 Å². The zero-order chi connectivity index (χ0) is 24.7. The largest absolute Gasteiger partial charge is 0.425 e. The Morgan fingerprint density at radius 2 is 1.00 bits per heavy atom. The molecule has 0 radical (unpaired) electrons. The molecule has 0 spiro atoms. The molecule has 0 aliphatic heterocycles. The van der Waals surface area contributed by atoms with Gasteiger partial charge in [0.2, 0.25) is 0 Å². The van der Waals surface area contributed by atoms with Gasteiger partial charge < -0.3 is 8.37 Å². The zero-order valence-corrected chi connectivity index (χ0v) is 22.1. The van der Waals surface area contributed by atoms with Crippen LogP contribution in [-0.4, -0.2) is 12.0 Å². The maximum absolute atomic E-state index is 6.37. The maximum atomic E-state index is 6.37. The first kappa shape index (κ1) is 21.5. The van der Waals surface area contributed by atoms with E-state index in [1.54, 1.807) is 0 Å². The van der Waals surface area contributed by atoms with Crippen molar-refractivity contribution in [1.82, 2.24) is 0 Å². The number of fused-ring (bicyclic) bond motifs is 4. The molecule has 0 saturated carbocycles. The summed E-state index contributed by atoms with van der Waals surface area (Å²) >= 11 is 2.90. The molecule has 8 rings (SSSR count). The lowest BCUT2D eigenvalue weighted by atomic mass is 9.83. The topological polar surface area (TPSA) is 18.5 Å². The smallest absolute Gasteiger partial charge is 0.153 e. The highest BCUT2D eigenvalue weighted by Crippen LogP contribution is 2.51. The van der Waals surface area contributed by atoms with E-state index in [4.69, 9.17) is 8.37 Å². The van der Waals surface area contributed by atoms with Gasteiger partial charge >= 0.3 is 0 Å². The Morgan fingerprint density at radius 1 is 0.514 bits per heavy atom. The van der Waals surface area contributed by atoms with E-state index in [2.05, 4.69) is 91.9 Å². The molecule has 0 heterocycles. The number of rotatable bonds is 5. The first-order valence-electron chi connectivity index (χ1n) is 12.5. The molecule has 0 aliphatic rings. The van der Waals surface area contributed by atoms with Crippen molar-refractivity contribution < 1.29 is 8.37 Å². The summed E-state index contributed by atoms with van der Waals surface area (Å²) in [5.74, 6) is 2.80. The van der Waals surface area contributed by atoms with Crippen LogP contribution in [0.5, 0.6) is 11.5 Å². The quantitative estimate of drug-likeness (QED) is 0.129. The van der Waals surface area contributed by atoms with Gasteiger partial charge in [0.1, 0.15) is 0 Å². The van der Waals surface area contributed by atoms with Gasteiger partial charge in [-0.2, -0.15) is 0 Å². The summed E-state index contributed by atoms with van der Waals surface area (Å²) in [4.78, 5) is 0. The van der Waals surface area contributed by atoms with Gasteiger partial charge in [0, 0.05) is 44.3 Å². The van der Waals surface area contributed by atoms with Crippen molar-refractivity contribution in [3.05, 3.63) is 84.9 Å². The molecule has 0 N–H and O–H groups in total. The standard InChI is InChI=1S/C33H22O2S2/c1-3-37-35-33-23-11-7-5-9-21(23)27-17-18-12-14-24-30-26(20-8-4-6-10-22(20)32(24)34-36-2)16-19-13-15-25(33)31(27)29(19)28(18)30/h4-17H,3H2,1-2H3. The van der Waals surface area contributed by atoms with Crippen LogP contribution >= 0.6 is 24.1 Å². The van der Waals surface area contributed by atoms with Gasteiger partial charge in [-0.05, 0) is 67.4 Å². The molecule has 0 aromatic heterocycles. The minimum atomic E-state index is 0.893. The zero-order valence-electron chi connectivity index (χ0n) is 20.4. The molecule has 0 aliphatic carbocycles. The van der Waals surface area contributed by atoms with Crippen molar-refractivity contribution >= 4 is 99.5 Å². The number of hydrogen-bond donors (Lipinski definition) is 0. The van der Waals surface area contributed by atoms with E-state index >= 15 is 0 Å². The third-order valence-corrected chi connectivity index (χ3v) is 8.56. The molecule has 178 valence electrons. The second kappa shape index (κ2) is 7.95. The van der Waals surface area contributed by atoms with Crippen LogP contribution in [-0.2, 0) is 0 Å². The Kier molecular flexibility index (Phi) is 4.61. The number of benzene rings is 8. The summed E-state index contributed by atoms with van der Waals surface area (Å²) in [7, 11) is 0. The fourth-order valence-corrected chi connectivity index (χ4v) is 7.10. The van der Waals surface area contributed by atoms with Crippen LogP contribution in [0.15, 0.2) is 84.9 Å². The highest BCUT2D eigenvalue weighted by molar-refractivity contribution is 7.95. The molecular weight excluding hydrogens is 492 g/mol. The minimum absolute atomic E-state index is 0.893. The van der Waals surface area contributed by atoms with Crippen molar-refractivity contribution in [2.24, 2.45) is 0 Å². The van der Waals surface area contributed by atoms with Crippen LogP contribution in [0, 0.1) is 0 Å². The summed E-state index contributed by atoms with van der Waals surface area (Å²) in [5.41, 5.74) is 0. The molecule has 0 bridgehead atoms. The summed E-state index contributed by atoms with van der Waals surface area (Å²) in [6.45, 7) is 2.12. The lowest BCUT2D eigenvalue weighted by Crippen LogP contribution is -1.95. The van der Waals surface area contributed by atoms with E-state index in [1.807, 2.05) is 6.26 Å². The summed E-state index contributed by atoms with van der Waals surface area (Å²) in [6, 6.07) is 31.1. The van der Waals surface area contributed by atoms with Crippen LogP contribution in [0.1, 0.15) is 6.92 Å². The average Bonchev–Trinajstić information content (AvgIpc) is 2.95. The van der Waals surface area contributed by atoms with Gasteiger partial charge in [0.15, 0.2) is 11.5 Å². The second-order valence-corrected chi connectivity index (χ2v) is 11.0. The molecule has 37 heavy (non-hydrogen) atoms. The predicted molar refractivity (Wildman–Crippen MR) is 164 cm³/mol. The summed E-state index contributed by atoms with van der Waals surface area (Å²) in [5, 5.41) is 17.4. The van der Waals surface area contributed by atoms with E-state index in [9.17, 15) is 0 Å². The highest BCUT2D eigenvalue weighted by Gasteiger charge is 2.23. The van der Waals surface area contributed by atoms with E-state index in [1.165, 1.54) is 83.3 Å². The third kappa shape index (κ3) is 2.80. The monoisotopic (exact) mass is 514 g/mol. The average molecular weight is 515 g/mol. The summed E-state index contributed by atoms with van der Waals surface area (Å²) in [6.07, 6.45) is 1.98. The van der Waals surface area contributed by atoms with Crippen LogP contribution in [0.4, 0.5) is 0 Å². The van der Waals surface area contributed by atoms with Crippen molar-refractivity contribution in [3.8, 4) is 11.5 Å². The fraction of sp³-hybridized carbons (Fsp3) is 0.0909. The van der Waals surface area contributed by atoms with Crippen molar-refractivity contribution in [2.75, 3.05) is 12.0 Å². The lowest BCUT2D eigenvalue weighted by Gasteiger charge is -2.22. The van der Waals surface area contributed by atoms with Gasteiger partial charge in [0.05, 0.1) is 24.1 Å². The molecule has 0 amide bonds. The molecular formula is C33H22O2S2. The Balaban J connectivity index is 1.67. The maximum Gasteiger partial charge on any atom is 0.153 e. The van der Waals surface area contributed by atoms with Gasteiger partial charge in [0.25, 0.3) is 0 Å². The van der Waals surface area contributed by atoms with Crippen molar-refractivity contribution in [3.63, 3.8) is 0 Å².